The van der Waals surface area contributed by atoms with Gasteiger partial charge in [-0.1, -0.05) is 18.2 Å². The number of carbonyl (C=O) groups is 2. The summed E-state index contributed by atoms with van der Waals surface area (Å²) in [4.78, 5) is 40.8. The zero-order valence-electron chi connectivity index (χ0n) is 20.1. The Bertz CT molecular complexity index is 1470. The van der Waals surface area contributed by atoms with Gasteiger partial charge in [-0.15, -0.1) is 11.3 Å². The van der Waals surface area contributed by atoms with E-state index in [2.05, 4.69) is 0 Å². The zero-order valence-corrected chi connectivity index (χ0v) is 20.9. The Balaban J connectivity index is 1.66. The molecular formula is C26H27N3O4S. The highest BCUT2D eigenvalue weighted by atomic mass is 32.1. The second-order valence-corrected chi connectivity index (χ2v) is 9.82. The topological polar surface area (TPSA) is 75.2 Å². The second kappa shape index (κ2) is 8.95. The van der Waals surface area contributed by atoms with Crippen LogP contribution in [0.5, 0.6) is 0 Å². The molecule has 0 unspecified atom stereocenters. The van der Waals surface area contributed by atoms with Crippen molar-refractivity contribution >= 4 is 23.1 Å². The SMILES string of the molecule is Cc1cc(C(=O)OCC(=O)c2cc(C)n(-c3c(C)n(C)n(-c4ccccc4)c3=O)c2C)c(C)s1. The lowest BCUT2D eigenvalue weighted by Gasteiger charge is -2.09. The summed E-state index contributed by atoms with van der Waals surface area (Å²) in [6, 6.07) is 12.9. The third-order valence-electron chi connectivity index (χ3n) is 6.07. The molecule has 3 aromatic heterocycles. The molecule has 7 nitrogen and oxygen atoms in total. The van der Waals surface area contributed by atoms with Gasteiger partial charge in [-0.2, -0.15) is 0 Å². The van der Waals surface area contributed by atoms with Crippen LogP contribution in [0.3, 0.4) is 0 Å². The molecule has 0 fully saturated rings. The third kappa shape index (κ3) is 3.94. The van der Waals surface area contributed by atoms with Gasteiger partial charge < -0.3 is 9.30 Å². The first-order chi connectivity index (χ1) is 16.1. The summed E-state index contributed by atoms with van der Waals surface area (Å²) < 4.78 is 10.5. The summed E-state index contributed by atoms with van der Waals surface area (Å²) in [5.74, 6) is -0.817. The first-order valence-electron chi connectivity index (χ1n) is 10.9. The van der Waals surface area contributed by atoms with Gasteiger partial charge in [0.05, 0.1) is 16.9 Å². The predicted octanol–water partition coefficient (Wildman–Crippen LogP) is 4.61. The van der Waals surface area contributed by atoms with E-state index >= 15 is 0 Å². The minimum Gasteiger partial charge on any atom is -0.454 e. The summed E-state index contributed by atoms with van der Waals surface area (Å²) >= 11 is 1.52. The highest BCUT2D eigenvalue weighted by Gasteiger charge is 2.24. The number of hydrogen-bond donors (Lipinski definition) is 0. The van der Waals surface area contributed by atoms with E-state index < -0.39 is 5.97 Å². The Hall–Kier alpha value is -3.65. The number of carbonyl (C=O) groups excluding carboxylic acids is 2. The number of aryl methyl sites for hydroxylation is 3. The molecule has 8 heteroatoms. The van der Waals surface area contributed by atoms with Crippen molar-refractivity contribution in [2.24, 2.45) is 7.05 Å². The zero-order chi connectivity index (χ0) is 24.7. The van der Waals surface area contributed by atoms with Gasteiger partial charge in [-0.25, -0.2) is 9.48 Å². The molecule has 34 heavy (non-hydrogen) atoms. The van der Waals surface area contributed by atoms with Crippen molar-refractivity contribution in [3.63, 3.8) is 0 Å². The molecule has 0 radical (unpaired) electrons. The van der Waals surface area contributed by atoms with E-state index in [0.717, 1.165) is 26.8 Å². The second-order valence-electron chi connectivity index (χ2n) is 8.36. The Morgan fingerprint density at radius 3 is 2.24 bits per heavy atom. The number of nitrogens with zero attached hydrogens (tertiary/aromatic N) is 3. The van der Waals surface area contributed by atoms with Crippen LogP contribution in [0, 0.1) is 34.6 Å². The van der Waals surface area contributed by atoms with Crippen molar-refractivity contribution in [1.82, 2.24) is 13.9 Å². The Kier molecular flexibility index (Phi) is 6.18. The van der Waals surface area contributed by atoms with E-state index in [1.807, 2.05) is 65.1 Å². The molecule has 0 aliphatic carbocycles. The maximum Gasteiger partial charge on any atom is 0.339 e. The molecule has 0 aliphatic rings. The molecule has 0 amide bonds. The van der Waals surface area contributed by atoms with Crippen LogP contribution in [-0.4, -0.2) is 32.3 Å². The maximum atomic E-state index is 13.5. The van der Waals surface area contributed by atoms with Crippen LogP contribution in [-0.2, 0) is 11.8 Å². The van der Waals surface area contributed by atoms with Gasteiger partial charge in [0.1, 0.15) is 5.69 Å². The number of thiophene rings is 1. The van der Waals surface area contributed by atoms with Crippen LogP contribution in [0.25, 0.3) is 11.4 Å². The van der Waals surface area contributed by atoms with Crippen molar-refractivity contribution in [1.29, 1.82) is 0 Å². The molecule has 176 valence electrons. The van der Waals surface area contributed by atoms with Crippen LogP contribution in [0.15, 0.2) is 47.3 Å². The molecule has 4 rings (SSSR count). The average Bonchev–Trinajstić information content (AvgIpc) is 3.37. The van der Waals surface area contributed by atoms with Gasteiger partial charge in [0.2, 0.25) is 5.78 Å². The fourth-order valence-electron chi connectivity index (χ4n) is 4.32. The van der Waals surface area contributed by atoms with Crippen molar-refractivity contribution in [2.45, 2.75) is 34.6 Å². The van der Waals surface area contributed by atoms with Crippen LogP contribution in [0.2, 0.25) is 0 Å². The van der Waals surface area contributed by atoms with Gasteiger partial charge in [0.25, 0.3) is 5.56 Å². The molecule has 0 N–H and O–H groups in total. The minimum absolute atomic E-state index is 0.179. The quantitative estimate of drug-likeness (QED) is 0.300. The largest absolute Gasteiger partial charge is 0.454 e. The molecule has 0 atom stereocenters. The number of ketones is 1. The van der Waals surface area contributed by atoms with Gasteiger partial charge in [0.15, 0.2) is 6.61 Å². The summed E-state index contributed by atoms with van der Waals surface area (Å²) in [7, 11) is 1.83. The first kappa shape index (κ1) is 23.5. The fraction of sp³-hybridized carbons (Fsp3) is 0.269. The average molecular weight is 478 g/mol. The minimum atomic E-state index is -0.506. The number of rotatable bonds is 6. The van der Waals surface area contributed by atoms with E-state index in [1.165, 1.54) is 11.3 Å². The molecule has 3 heterocycles. The summed E-state index contributed by atoms with van der Waals surface area (Å²) in [6.45, 7) is 8.95. The highest BCUT2D eigenvalue weighted by molar-refractivity contribution is 7.12. The number of ether oxygens (including phenoxy) is 1. The number of para-hydroxylation sites is 1. The van der Waals surface area contributed by atoms with Gasteiger partial charge >= 0.3 is 5.97 Å². The van der Waals surface area contributed by atoms with E-state index in [9.17, 15) is 14.4 Å². The van der Waals surface area contributed by atoms with Gasteiger partial charge in [0, 0.05) is 33.8 Å². The van der Waals surface area contributed by atoms with Crippen LogP contribution in [0.1, 0.15) is 47.6 Å². The highest BCUT2D eigenvalue weighted by Crippen LogP contribution is 2.24. The van der Waals surface area contributed by atoms with E-state index in [4.69, 9.17) is 4.74 Å². The van der Waals surface area contributed by atoms with Crippen LogP contribution in [0.4, 0.5) is 0 Å². The molecule has 0 spiro atoms. The maximum absolute atomic E-state index is 13.5. The number of Topliss-reactive ketones (excluding diaryl/α,β-unsaturated/α-hetero) is 1. The normalized spacial score (nSPS) is 11.1. The summed E-state index contributed by atoms with van der Waals surface area (Å²) in [5.41, 5.74) is 4.14. The molecule has 0 saturated carbocycles. The van der Waals surface area contributed by atoms with E-state index in [1.54, 1.807) is 33.0 Å². The van der Waals surface area contributed by atoms with E-state index in [-0.39, 0.29) is 17.9 Å². The number of aromatic nitrogens is 3. The smallest absolute Gasteiger partial charge is 0.339 e. The lowest BCUT2D eigenvalue weighted by molar-refractivity contribution is 0.0474. The van der Waals surface area contributed by atoms with Crippen molar-refractivity contribution in [3.05, 3.63) is 90.8 Å². The molecule has 4 aromatic rings. The molecule has 0 saturated heterocycles. The van der Waals surface area contributed by atoms with Gasteiger partial charge in [-0.05, 0) is 58.9 Å². The molecular weight excluding hydrogens is 450 g/mol. The fourth-order valence-corrected chi connectivity index (χ4v) is 5.23. The first-order valence-corrected chi connectivity index (χ1v) is 11.7. The number of hydrogen-bond acceptors (Lipinski definition) is 5. The monoisotopic (exact) mass is 477 g/mol. The van der Waals surface area contributed by atoms with Crippen molar-refractivity contribution < 1.29 is 14.3 Å². The summed E-state index contributed by atoms with van der Waals surface area (Å²) in [5, 5.41) is 0. The van der Waals surface area contributed by atoms with Gasteiger partial charge in [-0.3, -0.25) is 14.3 Å². The molecule has 0 bridgehead atoms. The molecule has 1 aromatic carbocycles. The van der Waals surface area contributed by atoms with E-state index in [0.29, 0.717) is 22.5 Å². The Morgan fingerprint density at radius 2 is 1.62 bits per heavy atom. The number of benzene rings is 1. The number of esters is 1. The Labute approximate surface area is 201 Å². The molecule has 0 aliphatic heterocycles. The Morgan fingerprint density at radius 1 is 0.941 bits per heavy atom. The predicted molar refractivity (Wildman–Crippen MR) is 133 cm³/mol. The van der Waals surface area contributed by atoms with Crippen LogP contribution >= 0.6 is 11.3 Å². The lowest BCUT2D eigenvalue weighted by atomic mass is 10.1. The standard InChI is InChI=1S/C26H27N3O4S/c1-15-12-21(23(30)14-33-26(32)22-13-16(2)34-19(22)5)17(3)28(15)24-18(4)27(6)29(25(24)31)20-10-8-7-9-11-20/h7-13H,14H2,1-6H3. The third-order valence-corrected chi connectivity index (χ3v) is 7.04. The van der Waals surface area contributed by atoms with Crippen LogP contribution < -0.4 is 5.56 Å². The van der Waals surface area contributed by atoms with Crippen molar-refractivity contribution in [3.8, 4) is 11.4 Å². The lowest BCUT2D eigenvalue weighted by Crippen LogP contribution is -2.22. The summed E-state index contributed by atoms with van der Waals surface area (Å²) in [6.07, 6.45) is 0. The van der Waals surface area contributed by atoms with Crippen molar-refractivity contribution in [2.75, 3.05) is 6.61 Å².